The van der Waals surface area contributed by atoms with Gasteiger partial charge in [-0.1, -0.05) is 71.2 Å². The largest absolute Gasteiger partial charge is 0.513 e. The zero-order valence-corrected chi connectivity index (χ0v) is 24.7. The van der Waals surface area contributed by atoms with E-state index < -0.39 is 17.0 Å². The molecule has 0 spiro atoms. The number of aryl methyl sites for hydroxylation is 2. The number of nitro benzene ring substituents is 1. The summed E-state index contributed by atoms with van der Waals surface area (Å²) in [6.45, 7) is 15.8. The van der Waals surface area contributed by atoms with Crippen LogP contribution in [0.1, 0.15) is 56.4 Å². The highest BCUT2D eigenvalue weighted by Crippen LogP contribution is 2.19. The number of aliphatic hydroxyl groups is 1. The summed E-state index contributed by atoms with van der Waals surface area (Å²) in [4.78, 5) is 36.6. The Morgan fingerprint density at radius 3 is 2.20 bits per heavy atom. The smallest absolute Gasteiger partial charge is 0.269 e. The fourth-order valence-corrected chi connectivity index (χ4v) is 5.27. The molecule has 40 heavy (non-hydrogen) atoms. The van der Waals surface area contributed by atoms with Crippen molar-refractivity contribution in [2.75, 3.05) is 5.75 Å². The molecule has 0 saturated heterocycles. The number of amides is 1. The van der Waals surface area contributed by atoms with E-state index in [1.54, 1.807) is 12.1 Å². The molecule has 0 radical (unpaired) electrons. The third-order valence-corrected chi connectivity index (χ3v) is 7.64. The minimum Gasteiger partial charge on any atom is -0.513 e. The molecule has 0 aliphatic carbocycles. The zero-order valence-electron chi connectivity index (χ0n) is 23.9. The van der Waals surface area contributed by atoms with E-state index in [0.29, 0.717) is 11.4 Å². The van der Waals surface area contributed by atoms with Gasteiger partial charge in [0.2, 0.25) is 5.91 Å². The minimum absolute atomic E-state index is 0.00108. The van der Waals surface area contributed by atoms with Crippen molar-refractivity contribution in [1.82, 2.24) is 10.6 Å². The lowest BCUT2D eigenvalue weighted by Crippen LogP contribution is -2.48. The van der Waals surface area contributed by atoms with Crippen LogP contribution >= 0.6 is 11.8 Å². The van der Waals surface area contributed by atoms with Gasteiger partial charge in [0.25, 0.3) is 5.69 Å². The van der Waals surface area contributed by atoms with Gasteiger partial charge in [-0.15, -0.1) is 11.8 Å². The molecule has 8 nitrogen and oxygen atoms in total. The molecule has 0 bridgehead atoms. The second kappa shape index (κ2) is 15.9. The average molecular weight is 568 g/mol. The van der Waals surface area contributed by atoms with Crippen LogP contribution < -0.4 is 10.6 Å². The number of Topliss-reactive ketones (excluding diaryl/α,β-unsaturated/α-hetero) is 1. The third-order valence-electron chi connectivity index (χ3n) is 6.62. The molecular formula is C31H41N3O5S. The Labute approximate surface area is 241 Å². The molecular weight excluding hydrogens is 526 g/mol. The Morgan fingerprint density at radius 1 is 1.00 bits per heavy atom. The molecule has 0 fully saturated rings. The number of nitrogens with one attached hydrogen (secondary N) is 2. The summed E-state index contributed by atoms with van der Waals surface area (Å²) < 4.78 is 0. The number of hydrogen-bond donors (Lipinski definition) is 3. The van der Waals surface area contributed by atoms with Crippen molar-refractivity contribution in [3.8, 4) is 0 Å². The van der Waals surface area contributed by atoms with Gasteiger partial charge < -0.3 is 15.7 Å². The van der Waals surface area contributed by atoms with Gasteiger partial charge in [-0.25, -0.2) is 0 Å². The number of rotatable bonds is 17. The molecule has 2 aromatic carbocycles. The Morgan fingerprint density at radius 2 is 1.65 bits per heavy atom. The highest BCUT2D eigenvalue weighted by Gasteiger charge is 2.26. The Kier molecular flexibility index (Phi) is 12.9. The maximum absolute atomic E-state index is 13.1. The summed E-state index contributed by atoms with van der Waals surface area (Å²) in [7, 11) is 0. The molecule has 1 amide bonds. The van der Waals surface area contributed by atoms with Crippen LogP contribution in [0.15, 0.2) is 67.1 Å². The van der Waals surface area contributed by atoms with Gasteiger partial charge in [-0.2, -0.15) is 0 Å². The van der Waals surface area contributed by atoms with Crippen LogP contribution in [0.25, 0.3) is 0 Å². The summed E-state index contributed by atoms with van der Waals surface area (Å²) in [5, 5.41) is 26.9. The maximum atomic E-state index is 13.1. The number of ketones is 1. The Bertz CT molecular complexity index is 1210. The number of carbonyl (C=O) groups excluding carboxylic acids is 2. The zero-order chi connectivity index (χ0) is 29.8. The number of hydrogen-bond acceptors (Lipinski definition) is 7. The summed E-state index contributed by atoms with van der Waals surface area (Å²) in [5.41, 5.74) is 4.70. The normalized spacial score (nSPS) is 12.4. The molecule has 0 aliphatic heterocycles. The molecule has 2 aromatic rings. The first-order valence-electron chi connectivity index (χ1n) is 13.5. The lowest BCUT2D eigenvalue weighted by Gasteiger charge is -2.29. The van der Waals surface area contributed by atoms with Crippen molar-refractivity contribution in [3.63, 3.8) is 0 Å². The quantitative estimate of drug-likeness (QED) is 0.125. The van der Waals surface area contributed by atoms with Gasteiger partial charge in [0, 0.05) is 30.0 Å². The lowest BCUT2D eigenvalue weighted by molar-refractivity contribution is -0.384. The number of nitro groups is 1. The van der Waals surface area contributed by atoms with E-state index in [4.69, 9.17) is 0 Å². The van der Waals surface area contributed by atoms with Crippen molar-refractivity contribution in [1.29, 1.82) is 0 Å². The second-order valence-corrected chi connectivity index (χ2v) is 11.1. The summed E-state index contributed by atoms with van der Waals surface area (Å²) in [6, 6.07) is 11.3. The van der Waals surface area contributed by atoms with E-state index in [1.807, 2.05) is 13.8 Å². The van der Waals surface area contributed by atoms with Gasteiger partial charge in [0.05, 0.1) is 34.9 Å². The summed E-state index contributed by atoms with van der Waals surface area (Å²) >= 11 is 1.37. The second-order valence-electron chi connectivity index (χ2n) is 10.2. The fourth-order valence-electron chi connectivity index (χ4n) is 4.34. The molecule has 0 aromatic heterocycles. The third kappa shape index (κ3) is 10.2. The van der Waals surface area contributed by atoms with Crippen molar-refractivity contribution < 1.29 is 19.6 Å². The monoisotopic (exact) mass is 567 g/mol. The number of aliphatic hydroxyl groups excluding tert-OH is 1. The number of benzene rings is 2. The highest BCUT2D eigenvalue weighted by molar-refractivity contribution is 7.99. The van der Waals surface area contributed by atoms with E-state index in [1.165, 1.54) is 29.5 Å². The van der Waals surface area contributed by atoms with Crippen LogP contribution in [0.4, 0.5) is 5.69 Å². The first-order valence-corrected chi connectivity index (χ1v) is 14.7. The van der Waals surface area contributed by atoms with Crippen molar-refractivity contribution in [3.05, 3.63) is 99.4 Å². The first-order chi connectivity index (χ1) is 18.9. The molecule has 3 N–H and O–H groups in total. The number of thioether (sulfide) groups is 1. The fraction of sp³-hybridized carbons (Fsp3) is 0.419. The van der Waals surface area contributed by atoms with Gasteiger partial charge in [0.1, 0.15) is 0 Å². The van der Waals surface area contributed by atoms with E-state index in [2.05, 4.69) is 55.8 Å². The van der Waals surface area contributed by atoms with Gasteiger partial charge in [-0.3, -0.25) is 19.7 Å². The predicted octanol–water partition coefficient (Wildman–Crippen LogP) is 5.84. The molecule has 9 heteroatoms. The lowest BCUT2D eigenvalue weighted by atomic mass is 9.96. The van der Waals surface area contributed by atoms with Gasteiger partial charge in [0.15, 0.2) is 5.78 Å². The van der Waals surface area contributed by atoms with Crippen molar-refractivity contribution >= 4 is 29.1 Å². The van der Waals surface area contributed by atoms with E-state index in [-0.39, 0.29) is 47.6 Å². The van der Waals surface area contributed by atoms with Crippen LogP contribution in [0.2, 0.25) is 0 Å². The standard InChI is InChI=1S/C31H41N3O5S/c1-7-23-9-12-25(8-2)26(16-23)17-30(37)33-31(20(3)4)22(6)32-28(15-21(5)35)29(36)19-40-18-24-10-13-27(14-11-24)34(38)39/h9-14,16,20,28,31-32,35H,5-8,15,17-19H2,1-4H3,(H,33,37)/t28-,31-/m0/s1. The van der Waals surface area contributed by atoms with Crippen LogP contribution in [-0.2, 0) is 34.6 Å². The van der Waals surface area contributed by atoms with Crippen LogP contribution in [0, 0.1) is 16.0 Å². The number of carbonyl (C=O) groups is 2. The SMILES string of the molecule is C=C(O)C[C@H](NC(=C)[C@@H](NC(=O)Cc1cc(CC)ccc1CC)C(C)C)C(=O)CSCc1ccc([N+](=O)[O-])cc1. The summed E-state index contributed by atoms with van der Waals surface area (Å²) in [6.07, 6.45) is 2.00. The molecule has 216 valence electrons. The van der Waals surface area contributed by atoms with Crippen molar-refractivity contribution in [2.45, 2.75) is 71.2 Å². The topological polar surface area (TPSA) is 122 Å². The maximum Gasteiger partial charge on any atom is 0.269 e. The van der Waals surface area contributed by atoms with E-state index in [9.17, 15) is 24.8 Å². The highest BCUT2D eigenvalue weighted by atomic mass is 32.2. The van der Waals surface area contributed by atoms with Crippen LogP contribution in [0.3, 0.4) is 0 Å². The molecule has 0 aliphatic rings. The van der Waals surface area contributed by atoms with E-state index >= 15 is 0 Å². The van der Waals surface area contributed by atoms with Crippen molar-refractivity contribution in [2.24, 2.45) is 5.92 Å². The van der Waals surface area contributed by atoms with Crippen LogP contribution in [0.5, 0.6) is 0 Å². The first kappa shape index (κ1) is 32.6. The summed E-state index contributed by atoms with van der Waals surface area (Å²) in [5.74, 6) is 0.245. The van der Waals surface area contributed by atoms with Crippen LogP contribution in [-0.4, -0.2) is 39.6 Å². The molecule has 2 atom stereocenters. The van der Waals surface area contributed by atoms with E-state index in [0.717, 1.165) is 29.5 Å². The Hall–Kier alpha value is -3.59. The molecule has 2 rings (SSSR count). The number of nitrogens with zero attached hydrogens (tertiary/aromatic N) is 1. The molecule has 0 unspecified atom stereocenters. The number of non-ortho nitro benzene ring substituents is 1. The average Bonchev–Trinajstić information content (AvgIpc) is 2.90. The minimum atomic E-state index is -0.763. The Balaban J connectivity index is 2.03. The molecule has 0 heterocycles. The predicted molar refractivity (Wildman–Crippen MR) is 162 cm³/mol. The van der Waals surface area contributed by atoms with Gasteiger partial charge in [-0.05, 0) is 41.0 Å². The van der Waals surface area contributed by atoms with Gasteiger partial charge >= 0.3 is 0 Å². The molecule has 0 saturated carbocycles.